The summed E-state index contributed by atoms with van der Waals surface area (Å²) in [7, 11) is 0. The number of aliphatic hydroxyl groups is 2. The zero-order chi connectivity index (χ0) is 55.7. The van der Waals surface area contributed by atoms with Crippen LogP contribution in [-0.2, 0) is 14.3 Å². The lowest BCUT2D eigenvalue weighted by Gasteiger charge is -2.20. The van der Waals surface area contributed by atoms with Crippen molar-refractivity contribution < 1.29 is 24.5 Å². The predicted octanol–water partition coefficient (Wildman–Crippen LogP) is 22.5. The van der Waals surface area contributed by atoms with Crippen molar-refractivity contribution in [3.63, 3.8) is 0 Å². The smallest absolute Gasteiger partial charge is 0.305 e. The highest BCUT2D eigenvalue weighted by atomic mass is 16.5. The molecule has 0 heterocycles. The summed E-state index contributed by atoms with van der Waals surface area (Å²) in [5.41, 5.74) is 0. The first kappa shape index (κ1) is 75.3. The fourth-order valence-electron chi connectivity index (χ4n) is 11.1. The Morgan fingerprint density at radius 3 is 0.922 bits per heavy atom. The van der Waals surface area contributed by atoms with Crippen LogP contribution in [0.1, 0.15) is 393 Å². The summed E-state index contributed by atoms with van der Waals surface area (Å²) in [6.07, 6.45) is 83.9. The van der Waals surface area contributed by atoms with Crippen molar-refractivity contribution >= 4 is 11.9 Å². The van der Waals surface area contributed by atoms with Crippen LogP contribution in [0.2, 0.25) is 0 Å². The van der Waals surface area contributed by atoms with Gasteiger partial charge in [0, 0.05) is 12.8 Å². The van der Waals surface area contributed by atoms with E-state index >= 15 is 0 Å². The highest BCUT2D eigenvalue weighted by molar-refractivity contribution is 5.76. The van der Waals surface area contributed by atoms with Gasteiger partial charge in [0.1, 0.15) is 0 Å². The molecule has 0 aromatic heterocycles. The number of aliphatic hydroxyl groups excluding tert-OH is 2. The lowest BCUT2D eigenvalue weighted by molar-refractivity contribution is -0.143. The van der Waals surface area contributed by atoms with Crippen molar-refractivity contribution in [2.24, 2.45) is 0 Å². The molecule has 0 aromatic carbocycles. The predicted molar refractivity (Wildman–Crippen MR) is 338 cm³/mol. The van der Waals surface area contributed by atoms with Crippen LogP contribution in [-0.4, -0.2) is 47.4 Å². The molecule has 0 aromatic rings. The molecule has 0 aliphatic carbocycles. The summed E-state index contributed by atoms with van der Waals surface area (Å²) in [4.78, 5) is 24.6. The molecule has 77 heavy (non-hydrogen) atoms. The maximum absolute atomic E-state index is 12.5. The average Bonchev–Trinajstić information content (AvgIpc) is 3.43. The molecule has 2 unspecified atom stereocenters. The molecule has 0 spiro atoms. The van der Waals surface area contributed by atoms with Crippen LogP contribution in [0, 0.1) is 0 Å². The number of unbranched alkanes of at least 4 members (excludes halogenated alkanes) is 53. The molecule has 6 nitrogen and oxygen atoms in total. The van der Waals surface area contributed by atoms with E-state index in [9.17, 15) is 19.8 Å². The van der Waals surface area contributed by atoms with Gasteiger partial charge in [-0.3, -0.25) is 9.59 Å². The summed E-state index contributed by atoms with van der Waals surface area (Å²) < 4.78 is 5.48. The third-order valence-electron chi connectivity index (χ3n) is 16.5. The van der Waals surface area contributed by atoms with Gasteiger partial charge in [0.05, 0.1) is 25.4 Å². The second-order valence-corrected chi connectivity index (χ2v) is 24.2. The van der Waals surface area contributed by atoms with E-state index in [1.807, 2.05) is 6.08 Å². The molecule has 0 saturated heterocycles. The van der Waals surface area contributed by atoms with Gasteiger partial charge >= 0.3 is 5.97 Å². The number of amides is 1. The third kappa shape index (κ3) is 63.4. The van der Waals surface area contributed by atoms with E-state index in [0.29, 0.717) is 19.4 Å². The average molecular weight is 1080 g/mol. The standard InChI is InChI=1S/C71H137NO5/c1-3-5-7-9-11-13-15-17-18-19-20-21-25-28-31-34-37-40-43-47-51-55-59-63-69(74)68(67-73)72-70(75)64-60-56-52-48-44-41-38-35-32-29-26-23-22-24-27-30-33-36-39-42-46-50-54-58-62-66-77-71(76)65-61-57-53-49-45-16-14-12-10-8-6-4-2/h23,26,59,63,68-69,73-74H,3-22,24-25,27-58,60-62,64-67H2,1-2H3,(H,72,75)/b26-23-,63-59+. The first-order chi connectivity index (χ1) is 38.0. The number of carbonyl (C=O) groups excluding carboxylic acids is 2. The molecule has 6 heteroatoms. The largest absolute Gasteiger partial charge is 0.466 e. The van der Waals surface area contributed by atoms with E-state index in [2.05, 4.69) is 31.3 Å². The van der Waals surface area contributed by atoms with Gasteiger partial charge in [0.2, 0.25) is 5.91 Å². The molecular formula is C71H137NO5. The van der Waals surface area contributed by atoms with Gasteiger partial charge in [-0.15, -0.1) is 0 Å². The Labute approximate surface area is 481 Å². The molecule has 0 fully saturated rings. The minimum Gasteiger partial charge on any atom is -0.466 e. The number of carbonyl (C=O) groups is 2. The van der Waals surface area contributed by atoms with E-state index in [0.717, 1.165) is 38.5 Å². The third-order valence-corrected chi connectivity index (χ3v) is 16.5. The Morgan fingerprint density at radius 1 is 0.351 bits per heavy atom. The maximum Gasteiger partial charge on any atom is 0.305 e. The topological polar surface area (TPSA) is 95.9 Å². The Hall–Kier alpha value is -1.66. The van der Waals surface area contributed by atoms with Crippen molar-refractivity contribution in [2.75, 3.05) is 13.2 Å². The monoisotopic (exact) mass is 1080 g/mol. The Kier molecular flexibility index (Phi) is 65.4. The molecule has 0 aliphatic heterocycles. The molecule has 0 bridgehead atoms. The lowest BCUT2D eigenvalue weighted by Crippen LogP contribution is -2.45. The molecule has 0 aliphatic rings. The summed E-state index contributed by atoms with van der Waals surface area (Å²) in [6.45, 7) is 4.94. The van der Waals surface area contributed by atoms with Crippen molar-refractivity contribution in [3.05, 3.63) is 24.3 Å². The minimum atomic E-state index is -0.847. The van der Waals surface area contributed by atoms with Crippen LogP contribution in [0.25, 0.3) is 0 Å². The fourth-order valence-corrected chi connectivity index (χ4v) is 11.1. The number of hydrogen-bond donors (Lipinski definition) is 3. The van der Waals surface area contributed by atoms with E-state index in [-0.39, 0.29) is 18.5 Å². The van der Waals surface area contributed by atoms with Crippen molar-refractivity contribution in [1.82, 2.24) is 5.32 Å². The Morgan fingerprint density at radius 2 is 0.610 bits per heavy atom. The van der Waals surface area contributed by atoms with Crippen LogP contribution < -0.4 is 5.32 Å². The molecule has 1 amide bonds. The second kappa shape index (κ2) is 66.8. The van der Waals surface area contributed by atoms with E-state index in [1.165, 1.54) is 327 Å². The van der Waals surface area contributed by atoms with Crippen LogP contribution in [0.5, 0.6) is 0 Å². The molecule has 0 radical (unpaired) electrons. The Balaban J connectivity index is 3.43. The molecule has 2 atom stereocenters. The second-order valence-electron chi connectivity index (χ2n) is 24.2. The SMILES string of the molecule is CCCCCCCCCCCCCCCCCCCCCCC/C=C/C(O)C(CO)NC(=O)CCCCCCCCCCC/C=C\CCCCCCCCCCCCCCOC(=O)CCCCCCCCCCCCCC. The number of allylic oxidation sites excluding steroid dienone is 3. The summed E-state index contributed by atoms with van der Waals surface area (Å²) in [6, 6.07) is -0.631. The zero-order valence-corrected chi connectivity index (χ0v) is 52.2. The normalized spacial score (nSPS) is 12.6. The van der Waals surface area contributed by atoms with E-state index in [1.54, 1.807) is 6.08 Å². The number of ether oxygens (including phenoxy) is 1. The Bertz CT molecular complexity index is 1200. The minimum absolute atomic E-state index is 0.0144. The number of rotatable bonds is 66. The molecule has 456 valence electrons. The summed E-state index contributed by atoms with van der Waals surface area (Å²) in [5.74, 6) is -0.0523. The first-order valence-electron chi connectivity index (χ1n) is 35.1. The summed E-state index contributed by atoms with van der Waals surface area (Å²) in [5, 5.41) is 23.3. The maximum atomic E-state index is 12.5. The summed E-state index contributed by atoms with van der Waals surface area (Å²) >= 11 is 0. The number of hydrogen-bond acceptors (Lipinski definition) is 5. The molecule has 0 saturated carbocycles. The van der Waals surface area contributed by atoms with Crippen LogP contribution in [0.15, 0.2) is 24.3 Å². The van der Waals surface area contributed by atoms with Crippen molar-refractivity contribution in [3.8, 4) is 0 Å². The van der Waals surface area contributed by atoms with Gasteiger partial charge in [0.25, 0.3) is 0 Å². The number of esters is 1. The van der Waals surface area contributed by atoms with Gasteiger partial charge < -0.3 is 20.3 Å². The van der Waals surface area contributed by atoms with E-state index in [4.69, 9.17) is 4.74 Å². The van der Waals surface area contributed by atoms with Crippen molar-refractivity contribution in [2.45, 2.75) is 405 Å². The molecular weight excluding hydrogens is 947 g/mol. The zero-order valence-electron chi connectivity index (χ0n) is 52.2. The van der Waals surface area contributed by atoms with Crippen LogP contribution >= 0.6 is 0 Å². The first-order valence-corrected chi connectivity index (χ1v) is 35.1. The van der Waals surface area contributed by atoms with Gasteiger partial charge in [-0.2, -0.15) is 0 Å². The molecule has 0 rings (SSSR count). The number of nitrogens with one attached hydrogen (secondary N) is 1. The van der Waals surface area contributed by atoms with Gasteiger partial charge in [0.15, 0.2) is 0 Å². The van der Waals surface area contributed by atoms with Crippen molar-refractivity contribution in [1.29, 1.82) is 0 Å². The van der Waals surface area contributed by atoms with Crippen LogP contribution in [0.3, 0.4) is 0 Å². The fraction of sp³-hybridized carbons (Fsp3) is 0.915. The highest BCUT2D eigenvalue weighted by Crippen LogP contribution is 2.19. The van der Waals surface area contributed by atoms with Crippen LogP contribution in [0.4, 0.5) is 0 Å². The highest BCUT2D eigenvalue weighted by Gasteiger charge is 2.18. The van der Waals surface area contributed by atoms with Gasteiger partial charge in [-0.25, -0.2) is 0 Å². The quantitative estimate of drug-likeness (QED) is 0.0320. The molecule has 3 N–H and O–H groups in total. The van der Waals surface area contributed by atoms with E-state index < -0.39 is 12.1 Å². The van der Waals surface area contributed by atoms with Gasteiger partial charge in [-0.05, 0) is 57.8 Å². The lowest BCUT2D eigenvalue weighted by atomic mass is 10.0. The van der Waals surface area contributed by atoms with Gasteiger partial charge in [-0.1, -0.05) is 346 Å².